The molecule has 2 saturated carbocycles. The second kappa shape index (κ2) is 5.80. The lowest BCUT2D eigenvalue weighted by Crippen LogP contribution is -2.46. The molecular formula is C18H26N2O. The van der Waals surface area contributed by atoms with Crippen molar-refractivity contribution >= 4 is 11.6 Å². The molecule has 1 aromatic carbocycles. The van der Waals surface area contributed by atoms with Crippen molar-refractivity contribution in [3.63, 3.8) is 0 Å². The minimum Gasteiger partial charge on any atom is -0.324 e. The Morgan fingerprint density at radius 2 is 1.76 bits per heavy atom. The van der Waals surface area contributed by atoms with Crippen molar-refractivity contribution in [2.45, 2.75) is 58.5 Å². The zero-order valence-electron chi connectivity index (χ0n) is 13.3. The first-order valence-corrected chi connectivity index (χ1v) is 8.19. The van der Waals surface area contributed by atoms with Gasteiger partial charge in [-0.2, -0.15) is 0 Å². The monoisotopic (exact) mass is 286 g/mol. The molecule has 0 unspecified atom stereocenters. The summed E-state index contributed by atoms with van der Waals surface area (Å²) in [6, 6.07) is 6.60. The Bertz CT molecular complexity index is 520. The van der Waals surface area contributed by atoms with Crippen LogP contribution in [0.15, 0.2) is 18.2 Å². The molecule has 0 spiro atoms. The van der Waals surface area contributed by atoms with Crippen LogP contribution in [0.2, 0.25) is 0 Å². The van der Waals surface area contributed by atoms with Crippen LogP contribution in [-0.4, -0.2) is 18.0 Å². The molecule has 0 saturated heterocycles. The zero-order valence-corrected chi connectivity index (χ0v) is 13.3. The van der Waals surface area contributed by atoms with Crippen LogP contribution < -0.4 is 10.6 Å². The minimum atomic E-state index is -0.129. The fraction of sp³-hybridized carbons (Fsp3) is 0.611. The average molecular weight is 286 g/mol. The van der Waals surface area contributed by atoms with Crippen LogP contribution in [0.4, 0.5) is 5.69 Å². The van der Waals surface area contributed by atoms with E-state index >= 15 is 0 Å². The standard InChI is InChI=1S/C18H26N2O/c1-11-4-5-12(2)16(10-11)20-18(21)13(3)19-17(14-6-7-14)15-8-9-15/h4-5,10,13-15,17,19H,6-9H2,1-3H3,(H,20,21)/t13-/m1/s1. The van der Waals surface area contributed by atoms with Crippen molar-refractivity contribution in [3.05, 3.63) is 29.3 Å². The number of amides is 1. The molecule has 3 nitrogen and oxygen atoms in total. The molecule has 2 fully saturated rings. The van der Waals surface area contributed by atoms with Crippen LogP contribution in [0.25, 0.3) is 0 Å². The topological polar surface area (TPSA) is 41.1 Å². The van der Waals surface area contributed by atoms with Gasteiger partial charge < -0.3 is 10.6 Å². The Labute approximate surface area is 127 Å². The number of benzene rings is 1. The molecule has 2 N–H and O–H groups in total. The van der Waals surface area contributed by atoms with Crippen molar-refractivity contribution in [2.75, 3.05) is 5.32 Å². The molecule has 2 aliphatic carbocycles. The summed E-state index contributed by atoms with van der Waals surface area (Å²) in [7, 11) is 0. The number of carbonyl (C=O) groups excluding carboxylic acids is 1. The van der Waals surface area contributed by atoms with E-state index in [0.29, 0.717) is 6.04 Å². The van der Waals surface area contributed by atoms with E-state index in [1.807, 2.05) is 26.8 Å². The van der Waals surface area contributed by atoms with E-state index in [1.165, 1.54) is 31.2 Å². The first kappa shape index (κ1) is 14.6. The number of carbonyl (C=O) groups is 1. The Hall–Kier alpha value is -1.35. The molecule has 3 heteroatoms. The predicted molar refractivity (Wildman–Crippen MR) is 86.4 cm³/mol. The maximum atomic E-state index is 12.4. The number of hydrogen-bond donors (Lipinski definition) is 2. The third-order valence-corrected chi connectivity index (χ3v) is 4.75. The Morgan fingerprint density at radius 3 is 2.33 bits per heavy atom. The lowest BCUT2D eigenvalue weighted by atomic mass is 10.1. The summed E-state index contributed by atoms with van der Waals surface area (Å²) in [5.74, 6) is 1.71. The van der Waals surface area contributed by atoms with Crippen LogP contribution in [0.1, 0.15) is 43.7 Å². The van der Waals surface area contributed by atoms with Gasteiger partial charge in [-0.1, -0.05) is 12.1 Å². The molecule has 2 aliphatic rings. The number of hydrogen-bond acceptors (Lipinski definition) is 2. The van der Waals surface area contributed by atoms with Gasteiger partial charge in [-0.15, -0.1) is 0 Å². The molecule has 1 amide bonds. The highest BCUT2D eigenvalue weighted by Crippen LogP contribution is 2.44. The van der Waals surface area contributed by atoms with Gasteiger partial charge in [0.25, 0.3) is 0 Å². The summed E-state index contributed by atoms with van der Waals surface area (Å²) in [4.78, 5) is 12.4. The molecule has 1 aromatic rings. The number of rotatable bonds is 6. The number of anilines is 1. The third-order valence-electron chi connectivity index (χ3n) is 4.75. The fourth-order valence-corrected chi connectivity index (χ4v) is 3.04. The van der Waals surface area contributed by atoms with Crippen LogP contribution in [-0.2, 0) is 4.79 Å². The second-order valence-corrected chi connectivity index (χ2v) is 6.90. The summed E-state index contributed by atoms with van der Waals surface area (Å²) >= 11 is 0. The van der Waals surface area contributed by atoms with E-state index in [-0.39, 0.29) is 11.9 Å². The second-order valence-electron chi connectivity index (χ2n) is 6.90. The van der Waals surface area contributed by atoms with Crippen molar-refractivity contribution in [1.29, 1.82) is 0 Å². The van der Waals surface area contributed by atoms with E-state index in [0.717, 1.165) is 23.1 Å². The quantitative estimate of drug-likeness (QED) is 0.841. The van der Waals surface area contributed by atoms with Gasteiger partial charge in [-0.3, -0.25) is 4.79 Å². The molecule has 0 heterocycles. The Balaban J connectivity index is 1.60. The molecule has 0 bridgehead atoms. The first-order valence-electron chi connectivity index (χ1n) is 8.19. The van der Waals surface area contributed by atoms with Gasteiger partial charge in [0, 0.05) is 11.7 Å². The van der Waals surface area contributed by atoms with Gasteiger partial charge in [0.05, 0.1) is 6.04 Å². The summed E-state index contributed by atoms with van der Waals surface area (Å²) < 4.78 is 0. The van der Waals surface area contributed by atoms with Crippen LogP contribution in [0.3, 0.4) is 0 Å². The lowest BCUT2D eigenvalue weighted by Gasteiger charge is -2.23. The van der Waals surface area contributed by atoms with Gasteiger partial charge in [0.2, 0.25) is 5.91 Å². The van der Waals surface area contributed by atoms with Gasteiger partial charge in [0.1, 0.15) is 0 Å². The van der Waals surface area contributed by atoms with E-state index in [4.69, 9.17) is 0 Å². The Kier molecular flexibility index (Phi) is 4.03. The lowest BCUT2D eigenvalue weighted by molar-refractivity contribution is -0.118. The molecule has 0 aromatic heterocycles. The molecule has 0 radical (unpaired) electrons. The van der Waals surface area contributed by atoms with E-state index in [2.05, 4.69) is 22.8 Å². The highest BCUT2D eigenvalue weighted by atomic mass is 16.2. The van der Waals surface area contributed by atoms with Crippen molar-refractivity contribution in [2.24, 2.45) is 11.8 Å². The summed E-state index contributed by atoms with van der Waals surface area (Å²) in [5, 5.41) is 6.66. The van der Waals surface area contributed by atoms with Gasteiger partial charge in [-0.05, 0) is 75.5 Å². The summed E-state index contributed by atoms with van der Waals surface area (Å²) in [5.41, 5.74) is 3.22. The predicted octanol–water partition coefficient (Wildman–Crippen LogP) is 3.41. The van der Waals surface area contributed by atoms with E-state index in [9.17, 15) is 4.79 Å². The van der Waals surface area contributed by atoms with Crippen LogP contribution in [0, 0.1) is 25.7 Å². The molecular weight excluding hydrogens is 260 g/mol. The zero-order chi connectivity index (χ0) is 15.0. The maximum absolute atomic E-state index is 12.4. The number of aryl methyl sites for hydroxylation is 2. The first-order chi connectivity index (χ1) is 10.0. The summed E-state index contributed by atoms with van der Waals surface area (Å²) in [6.45, 7) is 6.07. The van der Waals surface area contributed by atoms with Crippen LogP contribution >= 0.6 is 0 Å². The molecule has 114 valence electrons. The highest BCUT2D eigenvalue weighted by molar-refractivity contribution is 5.95. The highest BCUT2D eigenvalue weighted by Gasteiger charge is 2.42. The smallest absolute Gasteiger partial charge is 0.241 e. The average Bonchev–Trinajstić information content (AvgIpc) is 3.32. The van der Waals surface area contributed by atoms with E-state index in [1.54, 1.807) is 0 Å². The van der Waals surface area contributed by atoms with Crippen LogP contribution in [0.5, 0.6) is 0 Å². The third kappa shape index (κ3) is 3.65. The summed E-state index contributed by atoms with van der Waals surface area (Å²) in [6.07, 6.45) is 5.33. The van der Waals surface area contributed by atoms with Gasteiger partial charge in [-0.25, -0.2) is 0 Å². The largest absolute Gasteiger partial charge is 0.324 e. The fourth-order valence-electron chi connectivity index (χ4n) is 3.04. The normalized spacial score (nSPS) is 19.6. The molecule has 1 atom stereocenters. The van der Waals surface area contributed by atoms with Crippen molar-refractivity contribution < 1.29 is 4.79 Å². The molecule has 3 rings (SSSR count). The Morgan fingerprint density at radius 1 is 1.14 bits per heavy atom. The van der Waals surface area contributed by atoms with Crippen molar-refractivity contribution in [3.8, 4) is 0 Å². The van der Waals surface area contributed by atoms with Crippen molar-refractivity contribution in [1.82, 2.24) is 5.32 Å². The van der Waals surface area contributed by atoms with E-state index < -0.39 is 0 Å². The van der Waals surface area contributed by atoms with Gasteiger partial charge >= 0.3 is 0 Å². The SMILES string of the molecule is Cc1ccc(C)c(NC(=O)[C@@H](C)NC(C2CC2)C2CC2)c1. The molecule has 0 aliphatic heterocycles. The number of nitrogens with one attached hydrogen (secondary N) is 2. The maximum Gasteiger partial charge on any atom is 0.241 e. The molecule has 21 heavy (non-hydrogen) atoms. The minimum absolute atomic E-state index is 0.0787. The van der Waals surface area contributed by atoms with Gasteiger partial charge in [0.15, 0.2) is 0 Å².